The van der Waals surface area contributed by atoms with Crippen molar-refractivity contribution in [3.63, 3.8) is 0 Å². The first-order valence-corrected chi connectivity index (χ1v) is 7.37. The van der Waals surface area contributed by atoms with Crippen molar-refractivity contribution >= 4 is 12.4 Å². The molecule has 17 heavy (non-hydrogen) atoms. The Kier molecular flexibility index (Phi) is 12.8. The van der Waals surface area contributed by atoms with Gasteiger partial charge in [0.25, 0.3) is 0 Å². The SMILES string of the molecule is CCCCCCCCCCNC1CCNC1.Cl. The number of halogens is 1. The van der Waals surface area contributed by atoms with Crippen LogP contribution in [0.5, 0.6) is 0 Å². The molecule has 3 heteroatoms. The van der Waals surface area contributed by atoms with Crippen LogP contribution >= 0.6 is 12.4 Å². The number of unbranched alkanes of at least 4 members (excludes halogenated alkanes) is 7. The lowest BCUT2D eigenvalue weighted by molar-refractivity contribution is 0.509. The molecule has 1 unspecified atom stereocenters. The highest BCUT2D eigenvalue weighted by molar-refractivity contribution is 5.85. The third kappa shape index (κ3) is 9.87. The summed E-state index contributed by atoms with van der Waals surface area (Å²) in [4.78, 5) is 0. The van der Waals surface area contributed by atoms with Gasteiger partial charge in [-0.3, -0.25) is 0 Å². The van der Waals surface area contributed by atoms with Gasteiger partial charge in [-0.15, -0.1) is 12.4 Å². The molecule has 0 aromatic rings. The molecule has 2 nitrogen and oxygen atoms in total. The van der Waals surface area contributed by atoms with Gasteiger partial charge in [-0.2, -0.15) is 0 Å². The van der Waals surface area contributed by atoms with Crippen molar-refractivity contribution < 1.29 is 0 Å². The van der Waals surface area contributed by atoms with Gasteiger partial charge in [0.1, 0.15) is 0 Å². The Morgan fingerprint density at radius 2 is 1.65 bits per heavy atom. The molecule has 1 aliphatic rings. The molecule has 1 heterocycles. The third-order valence-corrected chi connectivity index (χ3v) is 3.52. The first-order valence-electron chi connectivity index (χ1n) is 7.37. The van der Waals surface area contributed by atoms with E-state index in [1.165, 1.54) is 77.4 Å². The third-order valence-electron chi connectivity index (χ3n) is 3.52. The summed E-state index contributed by atoms with van der Waals surface area (Å²) in [6, 6.07) is 0.754. The molecule has 1 atom stereocenters. The maximum Gasteiger partial charge on any atom is 0.0204 e. The van der Waals surface area contributed by atoms with Crippen LogP contribution in [0.1, 0.15) is 64.7 Å². The zero-order valence-corrected chi connectivity index (χ0v) is 12.3. The molecular weight excluding hydrogens is 232 g/mol. The first-order chi connectivity index (χ1) is 7.93. The fourth-order valence-corrected chi connectivity index (χ4v) is 2.39. The van der Waals surface area contributed by atoms with E-state index in [1.807, 2.05) is 0 Å². The van der Waals surface area contributed by atoms with Crippen LogP contribution in [0.2, 0.25) is 0 Å². The number of hydrogen-bond acceptors (Lipinski definition) is 2. The summed E-state index contributed by atoms with van der Waals surface area (Å²) in [6.45, 7) is 5.89. The average Bonchev–Trinajstić information content (AvgIpc) is 2.80. The molecule has 104 valence electrons. The lowest BCUT2D eigenvalue weighted by Crippen LogP contribution is -2.31. The van der Waals surface area contributed by atoms with E-state index in [4.69, 9.17) is 0 Å². The van der Waals surface area contributed by atoms with Crippen LogP contribution in [0.3, 0.4) is 0 Å². The van der Waals surface area contributed by atoms with Gasteiger partial charge in [0.05, 0.1) is 0 Å². The topological polar surface area (TPSA) is 24.1 Å². The van der Waals surface area contributed by atoms with E-state index >= 15 is 0 Å². The predicted octanol–water partition coefficient (Wildman–Crippen LogP) is 3.50. The molecule has 0 aromatic carbocycles. The maximum atomic E-state index is 3.63. The van der Waals surface area contributed by atoms with Crippen molar-refractivity contribution in [2.75, 3.05) is 19.6 Å². The summed E-state index contributed by atoms with van der Waals surface area (Å²) < 4.78 is 0. The molecule has 2 N–H and O–H groups in total. The molecule has 1 aliphatic heterocycles. The van der Waals surface area contributed by atoms with Crippen molar-refractivity contribution in [2.24, 2.45) is 0 Å². The summed E-state index contributed by atoms with van der Waals surface area (Å²) in [6.07, 6.45) is 12.7. The van der Waals surface area contributed by atoms with Crippen molar-refractivity contribution in [3.8, 4) is 0 Å². The Balaban J connectivity index is 0.00000256. The second-order valence-corrected chi connectivity index (χ2v) is 5.12. The second kappa shape index (κ2) is 12.7. The van der Waals surface area contributed by atoms with Crippen molar-refractivity contribution in [3.05, 3.63) is 0 Å². The first kappa shape index (κ1) is 17.2. The van der Waals surface area contributed by atoms with Gasteiger partial charge in [-0.05, 0) is 25.9 Å². The van der Waals surface area contributed by atoms with Crippen LogP contribution < -0.4 is 10.6 Å². The summed E-state index contributed by atoms with van der Waals surface area (Å²) >= 11 is 0. The van der Waals surface area contributed by atoms with Gasteiger partial charge in [0.2, 0.25) is 0 Å². The Bertz CT molecular complexity index is 147. The summed E-state index contributed by atoms with van der Waals surface area (Å²) in [5.41, 5.74) is 0. The van der Waals surface area contributed by atoms with Crippen LogP contribution in [0, 0.1) is 0 Å². The maximum absolute atomic E-state index is 3.63. The largest absolute Gasteiger partial charge is 0.315 e. The van der Waals surface area contributed by atoms with Crippen LogP contribution in [0.4, 0.5) is 0 Å². The molecule has 1 rings (SSSR count). The van der Waals surface area contributed by atoms with Crippen molar-refractivity contribution in [2.45, 2.75) is 70.8 Å². The number of nitrogens with one attached hydrogen (secondary N) is 2. The van der Waals surface area contributed by atoms with E-state index in [0.717, 1.165) is 6.04 Å². The lowest BCUT2D eigenvalue weighted by Gasteiger charge is -2.10. The van der Waals surface area contributed by atoms with Crippen molar-refractivity contribution in [1.82, 2.24) is 10.6 Å². The highest BCUT2D eigenvalue weighted by atomic mass is 35.5. The summed E-state index contributed by atoms with van der Waals surface area (Å²) in [5, 5.41) is 7.02. The van der Waals surface area contributed by atoms with Crippen molar-refractivity contribution in [1.29, 1.82) is 0 Å². The monoisotopic (exact) mass is 262 g/mol. The van der Waals surface area contributed by atoms with E-state index in [9.17, 15) is 0 Å². The van der Waals surface area contributed by atoms with E-state index in [0.29, 0.717) is 0 Å². The molecule has 0 aliphatic carbocycles. The van der Waals surface area contributed by atoms with E-state index in [1.54, 1.807) is 0 Å². The van der Waals surface area contributed by atoms with Gasteiger partial charge in [-0.1, -0.05) is 51.9 Å². The van der Waals surface area contributed by atoms with E-state index < -0.39 is 0 Å². The molecular formula is C14H31ClN2. The quantitative estimate of drug-likeness (QED) is 0.589. The normalized spacial score (nSPS) is 19.2. The van der Waals surface area contributed by atoms with Gasteiger partial charge >= 0.3 is 0 Å². The smallest absolute Gasteiger partial charge is 0.0204 e. The Morgan fingerprint density at radius 1 is 1.00 bits per heavy atom. The Hall–Kier alpha value is 0.210. The Labute approximate surface area is 114 Å². The Morgan fingerprint density at radius 3 is 2.24 bits per heavy atom. The van der Waals surface area contributed by atoms with Gasteiger partial charge in [0, 0.05) is 12.6 Å². The molecule has 0 spiro atoms. The molecule has 0 amide bonds. The minimum atomic E-state index is 0. The number of rotatable bonds is 10. The standard InChI is InChI=1S/C14H30N2.ClH/c1-2-3-4-5-6-7-8-9-11-16-14-10-12-15-13-14;/h14-16H,2-13H2,1H3;1H. The average molecular weight is 263 g/mol. The second-order valence-electron chi connectivity index (χ2n) is 5.12. The van der Waals surface area contributed by atoms with Crippen LogP contribution in [-0.2, 0) is 0 Å². The van der Waals surface area contributed by atoms with E-state index in [-0.39, 0.29) is 12.4 Å². The lowest BCUT2D eigenvalue weighted by atomic mass is 10.1. The minimum Gasteiger partial charge on any atom is -0.315 e. The van der Waals surface area contributed by atoms with Gasteiger partial charge in [0.15, 0.2) is 0 Å². The van der Waals surface area contributed by atoms with Crippen LogP contribution in [-0.4, -0.2) is 25.7 Å². The molecule has 1 fully saturated rings. The van der Waals surface area contributed by atoms with E-state index in [2.05, 4.69) is 17.6 Å². The zero-order valence-electron chi connectivity index (χ0n) is 11.5. The van der Waals surface area contributed by atoms with Crippen LogP contribution in [0.25, 0.3) is 0 Å². The highest BCUT2D eigenvalue weighted by Gasteiger charge is 2.12. The predicted molar refractivity (Wildman–Crippen MR) is 79.1 cm³/mol. The zero-order chi connectivity index (χ0) is 11.5. The molecule has 1 saturated heterocycles. The molecule has 0 radical (unpaired) electrons. The van der Waals surface area contributed by atoms with Gasteiger partial charge < -0.3 is 10.6 Å². The summed E-state index contributed by atoms with van der Waals surface area (Å²) in [5.74, 6) is 0. The number of hydrogen-bond donors (Lipinski definition) is 2. The fourth-order valence-electron chi connectivity index (χ4n) is 2.39. The molecule has 0 saturated carbocycles. The molecule has 0 aromatic heterocycles. The van der Waals surface area contributed by atoms with Crippen LogP contribution in [0.15, 0.2) is 0 Å². The summed E-state index contributed by atoms with van der Waals surface area (Å²) in [7, 11) is 0. The van der Waals surface area contributed by atoms with Gasteiger partial charge in [-0.25, -0.2) is 0 Å². The molecule has 0 bridgehead atoms. The highest BCUT2D eigenvalue weighted by Crippen LogP contribution is 2.08. The fraction of sp³-hybridized carbons (Fsp3) is 1.00. The minimum absolute atomic E-state index is 0.